The predicted octanol–water partition coefficient (Wildman–Crippen LogP) is 7.08. The van der Waals surface area contributed by atoms with Gasteiger partial charge in [-0.1, -0.05) is 35.9 Å². The van der Waals surface area contributed by atoms with Crippen LogP contribution < -0.4 is 15.4 Å². The maximum Gasteiger partial charge on any atom is 0.283 e. The molecule has 222 valence electrons. The number of non-ortho nitro benzene ring substituents is 1. The summed E-state index contributed by atoms with van der Waals surface area (Å²) in [4.78, 5) is 32.0. The normalized spacial score (nSPS) is 13.9. The Bertz CT molecular complexity index is 2150. The van der Waals surface area contributed by atoms with Gasteiger partial charge in [-0.25, -0.2) is 4.39 Å². The van der Waals surface area contributed by atoms with E-state index in [-0.39, 0.29) is 17.3 Å². The quantitative estimate of drug-likeness (QED) is 0.153. The summed E-state index contributed by atoms with van der Waals surface area (Å²) in [5.74, 6) is 0.000117. The summed E-state index contributed by atoms with van der Waals surface area (Å²) >= 11 is 6.41. The topological polar surface area (TPSA) is 88.9 Å². The van der Waals surface area contributed by atoms with Gasteiger partial charge < -0.3 is 14.4 Å². The summed E-state index contributed by atoms with van der Waals surface area (Å²) < 4.78 is 18.7. The van der Waals surface area contributed by atoms with Crippen molar-refractivity contribution in [2.45, 2.75) is 19.9 Å². The van der Waals surface area contributed by atoms with E-state index in [1.54, 1.807) is 6.07 Å². The number of nitrogens with zero attached hydrogens (tertiary/aromatic N) is 6. The molecule has 1 aliphatic heterocycles. The second kappa shape index (κ2) is 10.6. The fourth-order valence-corrected chi connectivity index (χ4v) is 6.50. The number of aromatic nitrogens is 3. The lowest BCUT2D eigenvalue weighted by Crippen LogP contribution is -2.46. The number of benzene rings is 4. The molecular weight excluding hydrogens is 583 g/mol. The van der Waals surface area contributed by atoms with Crippen LogP contribution in [0.4, 0.5) is 21.5 Å². The molecule has 7 rings (SSSR count). The van der Waals surface area contributed by atoms with Crippen molar-refractivity contribution in [3.63, 3.8) is 0 Å². The standard InChI is InChI=1S/C33H28ClFN6O3/c1-20(2)39-30-18-22(8-12-28(30)40-29-5-3-4-25(34)31(29)32(42)36-33(39)40)21-6-9-23(10-7-21)37-14-16-38(17-15-37)27-13-11-24(41(43)44)19-26(27)35/h3-13,18-20H,14-17H2,1-2H3. The lowest BCUT2D eigenvalue weighted by molar-refractivity contribution is -0.385. The van der Waals surface area contributed by atoms with E-state index in [0.717, 1.165) is 39.4 Å². The fraction of sp³-hybridized carbons (Fsp3) is 0.212. The molecule has 0 unspecified atom stereocenters. The first kappa shape index (κ1) is 27.8. The highest BCUT2D eigenvalue weighted by Crippen LogP contribution is 2.33. The van der Waals surface area contributed by atoms with Crippen molar-refractivity contribution in [2.75, 3.05) is 36.0 Å². The summed E-state index contributed by atoms with van der Waals surface area (Å²) in [6.45, 7) is 6.74. The van der Waals surface area contributed by atoms with Gasteiger partial charge in [0.2, 0.25) is 5.78 Å². The highest BCUT2D eigenvalue weighted by Gasteiger charge is 2.22. The molecule has 1 fully saturated rings. The van der Waals surface area contributed by atoms with Crippen LogP contribution in [0.5, 0.6) is 0 Å². The van der Waals surface area contributed by atoms with E-state index in [1.165, 1.54) is 12.1 Å². The number of imidazole rings is 1. The van der Waals surface area contributed by atoms with Crippen molar-refractivity contribution in [2.24, 2.45) is 0 Å². The minimum Gasteiger partial charge on any atom is -0.368 e. The van der Waals surface area contributed by atoms with Gasteiger partial charge in [0.05, 0.1) is 43.6 Å². The SMILES string of the molecule is CC(C)n1c2cc(-c3ccc(N4CCN(c5ccc([N+](=O)[O-])cc5F)CC4)cc3)ccc2n2c3cccc(Cl)c3c(=O)nc12. The number of nitro groups is 1. The molecule has 0 atom stereocenters. The van der Waals surface area contributed by atoms with Gasteiger partial charge in [0.25, 0.3) is 11.2 Å². The van der Waals surface area contributed by atoms with Gasteiger partial charge >= 0.3 is 0 Å². The van der Waals surface area contributed by atoms with E-state index in [1.807, 2.05) is 21.4 Å². The third kappa shape index (κ3) is 4.53. The first-order chi connectivity index (χ1) is 21.2. The van der Waals surface area contributed by atoms with E-state index < -0.39 is 10.7 Å². The number of rotatable bonds is 5. The lowest BCUT2D eigenvalue weighted by Gasteiger charge is -2.37. The average molecular weight is 611 g/mol. The molecule has 0 spiro atoms. The van der Waals surface area contributed by atoms with Crippen LogP contribution in [0.3, 0.4) is 0 Å². The van der Waals surface area contributed by atoms with Gasteiger partial charge in [-0.2, -0.15) is 4.98 Å². The second-order valence-electron chi connectivity index (χ2n) is 11.3. The summed E-state index contributed by atoms with van der Waals surface area (Å²) in [6, 6.07) is 24.0. The molecule has 6 aromatic rings. The molecule has 2 aromatic heterocycles. The zero-order chi connectivity index (χ0) is 30.7. The summed E-state index contributed by atoms with van der Waals surface area (Å²) in [6.07, 6.45) is 0. The zero-order valence-electron chi connectivity index (χ0n) is 24.1. The van der Waals surface area contributed by atoms with Gasteiger partial charge in [0.15, 0.2) is 5.82 Å². The smallest absolute Gasteiger partial charge is 0.283 e. The first-order valence-electron chi connectivity index (χ1n) is 14.4. The van der Waals surface area contributed by atoms with Gasteiger partial charge in [-0.3, -0.25) is 19.3 Å². The van der Waals surface area contributed by atoms with Crippen molar-refractivity contribution in [3.05, 3.63) is 110 Å². The van der Waals surface area contributed by atoms with Crippen molar-refractivity contribution in [1.82, 2.24) is 14.0 Å². The average Bonchev–Trinajstić information content (AvgIpc) is 3.35. The maximum absolute atomic E-state index is 14.6. The van der Waals surface area contributed by atoms with Crippen molar-refractivity contribution in [1.29, 1.82) is 0 Å². The van der Waals surface area contributed by atoms with Crippen LogP contribution in [-0.2, 0) is 0 Å². The summed E-state index contributed by atoms with van der Waals surface area (Å²) in [7, 11) is 0. The Hall–Kier alpha value is -4.96. The highest BCUT2D eigenvalue weighted by atomic mass is 35.5. The van der Waals surface area contributed by atoms with E-state index in [2.05, 4.69) is 70.8 Å². The van der Waals surface area contributed by atoms with E-state index in [9.17, 15) is 19.3 Å². The third-order valence-corrected chi connectivity index (χ3v) is 8.70. The van der Waals surface area contributed by atoms with Crippen molar-refractivity contribution in [3.8, 4) is 11.1 Å². The van der Waals surface area contributed by atoms with Crippen molar-refractivity contribution >= 4 is 56.4 Å². The molecule has 0 aliphatic carbocycles. The first-order valence-corrected chi connectivity index (χ1v) is 14.8. The molecule has 0 radical (unpaired) electrons. The number of anilines is 2. The molecule has 1 aliphatic rings. The van der Waals surface area contributed by atoms with Crippen LogP contribution in [0.25, 0.3) is 38.8 Å². The number of hydrogen-bond donors (Lipinski definition) is 0. The zero-order valence-corrected chi connectivity index (χ0v) is 24.8. The molecule has 1 saturated heterocycles. The largest absolute Gasteiger partial charge is 0.368 e. The lowest BCUT2D eigenvalue weighted by atomic mass is 10.0. The molecule has 0 N–H and O–H groups in total. The molecule has 0 bridgehead atoms. The molecule has 4 aromatic carbocycles. The molecule has 44 heavy (non-hydrogen) atoms. The Morgan fingerprint density at radius 2 is 1.57 bits per heavy atom. The molecule has 11 heteroatoms. The maximum atomic E-state index is 14.6. The highest BCUT2D eigenvalue weighted by molar-refractivity contribution is 6.35. The Kier molecular flexibility index (Phi) is 6.73. The van der Waals surface area contributed by atoms with Crippen LogP contribution in [0.1, 0.15) is 19.9 Å². The van der Waals surface area contributed by atoms with Crippen LogP contribution in [0.15, 0.2) is 83.7 Å². The summed E-state index contributed by atoms with van der Waals surface area (Å²) in [5.41, 5.74) is 5.59. The van der Waals surface area contributed by atoms with Gasteiger partial charge in [-0.15, -0.1) is 0 Å². The third-order valence-electron chi connectivity index (χ3n) is 8.38. The number of halogens is 2. The number of hydrogen-bond acceptors (Lipinski definition) is 6. The number of fused-ring (bicyclic) bond motifs is 5. The Balaban J connectivity index is 1.17. The fourth-order valence-electron chi connectivity index (χ4n) is 6.25. The van der Waals surface area contributed by atoms with Gasteiger partial charge in [0, 0.05) is 44.0 Å². The number of piperazine rings is 1. The number of nitro benzene ring substituents is 1. The minimum atomic E-state index is -0.589. The van der Waals surface area contributed by atoms with Crippen LogP contribution in [0.2, 0.25) is 5.02 Å². The Morgan fingerprint density at radius 1 is 0.864 bits per heavy atom. The van der Waals surface area contributed by atoms with Gasteiger partial charge in [0.1, 0.15) is 0 Å². The molecule has 0 amide bonds. The van der Waals surface area contributed by atoms with Crippen LogP contribution in [-0.4, -0.2) is 45.1 Å². The Labute approximate surface area is 256 Å². The van der Waals surface area contributed by atoms with Crippen molar-refractivity contribution < 1.29 is 9.31 Å². The van der Waals surface area contributed by atoms with E-state index >= 15 is 0 Å². The second-order valence-corrected chi connectivity index (χ2v) is 11.7. The van der Waals surface area contributed by atoms with E-state index in [0.29, 0.717) is 48.1 Å². The Morgan fingerprint density at radius 3 is 2.25 bits per heavy atom. The molecule has 3 heterocycles. The molecule has 0 saturated carbocycles. The summed E-state index contributed by atoms with van der Waals surface area (Å²) in [5, 5.41) is 11.8. The molecule has 9 nitrogen and oxygen atoms in total. The van der Waals surface area contributed by atoms with Gasteiger partial charge in [-0.05, 0) is 67.4 Å². The minimum absolute atomic E-state index is 0.0572. The van der Waals surface area contributed by atoms with E-state index in [4.69, 9.17) is 11.6 Å². The molecular formula is C33H28ClFN6O3. The van der Waals surface area contributed by atoms with Crippen LogP contribution in [0, 0.1) is 15.9 Å². The monoisotopic (exact) mass is 610 g/mol. The van der Waals surface area contributed by atoms with Crippen LogP contribution >= 0.6 is 11.6 Å². The predicted molar refractivity (Wildman–Crippen MR) is 173 cm³/mol.